The third-order valence-electron chi connectivity index (χ3n) is 6.62. The summed E-state index contributed by atoms with van der Waals surface area (Å²) >= 11 is 3.45. The highest BCUT2D eigenvalue weighted by Crippen LogP contribution is 2.23. The van der Waals surface area contributed by atoms with Crippen LogP contribution in [0.15, 0.2) is 83.3 Å². The van der Waals surface area contributed by atoms with Gasteiger partial charge in [0, 0.05) is 36.4 Å². The second kappa shape index (κ2) is 12.8. The quantitative estimate of drug-likeness (QED) is 0.319. The van der Waals surface area contributed by atoms with Crippen LogP contribution in [0, 0.1) is 0 Å². The van der Waals surface area contributed by atoms with Crippen LogP contribution in [0.25, 0.3) is 0 Å². The Morgan fingerprint density at radius 3 is 2.03 bits per heavy atom. The third-order valence-corrected chi connectivity index (χ3v) is 7.15. The molecule has 0 spiro atoms. The zero-order chi connectivity index (χ0) is 27.9. The summed E-state index contributed by atoms with van der Waals surface area (Å²) in [6.07, 6.45) is 0.745. The van der Waals surface area contributed by atoms with Gasteiger partial charge in [0.1, 0.15) is 6.04 Å². The molecule has 0 saturated heterocycles. The molecule has 0 bridgehead atoms. The van der Waals surface area contributed by atoms with Gasteiger partial charge in [-0.3, -0.25) is 24.1 Å². The Morgan fingerprint density at radius 2 is 1.44 bits per heavy atom. The molecule has 4 rings (SSSR count). The van der Waals surface area contributed by atoms with Gasteiger partial charge in [-0.15, -0.1) is 0 Å². The van der Waals surface area contributed by atoms with E-state index in [-0.39, 0.29) is 49.2 Å². The summed E-state index contributed by atoms with van der Waals surface area (Å²) in [5.74, 6) is -1.12. The van der Waals surface area contributed by atoms with Crippen molar-refractivity contribution in [3.05, 3.63) is 106 Å². The van der Waals surface area contributed by atoms with Crippen molar-refractivity contribution in [1.82, 2.24) is 15.1 Å². The van der Waals surface area contributed by atoms with E-state index in [1.54, 1.807) is 29.2 Å². The van der Waals surface area contributed by atoms with Crippen molar-refractivity contribution in [1.29, 1.82) is 0 Å². The maximum atomic E-state index is 13.7. The predicted octanol–water partition coefficient (Wildman–Crippen LogP) is 4.99. The van der Waals surface area contributed by atoms with E-state index < -0.39 is 6.04 Å². The lowest BCUT2D eigenvalue weighted by atomic mass is 10.0. The first-order valence-electron chi connectivity index (χ1n) is 13.1. The molecule has 3 aromatic rings. The molecular formula is C31H32BrN3O4. The van der Waals surface area contributed by atoms with E-state index in [4.69, 9.17) is 0 Å². The van der Waals surface area contributed by atoms with Gasteiger partial charge in [0.2, 0.25) is 11.8 Å². The summed E-state index contributed by atoms with van der Waals surface area (Å²) in [4.78, 5) is 55.5. The molecule has 1 atom stereocenters. The fourth-order valence-electron chi connectivity index (χ4n) is 4.70. The molecular weight excluding hydrogens is 558 g/mol. The molecule has 0 aliphatic carbocycles. The molecule has 1 aliphatic rings. The van der Waals surface area contributed by atoms with Crippen molar-refractivity contribution in [3.8, 4) is 0 Å². The first kappa shape index (κ1) is 28.2. The number of nitrogens with zero attached hydrogens (tertiary/aromatic N) is 2. The van der Waals surface area contributed by atoms with Crippen LogP contribution in [0.2, 0.25) is 0 Å². The number of fused-ring (bicyclic) bond motifs is 1. The zero-order valence-corrected chi connectivity index (χ0v) is 23.7. The summed E-state index contributed by atoms with van der Waals surface area (Å²) in [5, 5.41) is 2.98. The molecule has 3 aromatic carbocycles. The maximum absolute atomic E-state index is 13.7. The zero-order valence-electron chi connectivity index (χ0n) is 22.1. The Bertz CT molecular complexity index is 1310. The molecule has 1 N–H and O–H groups in total. The number of imide groups is 1. The number of carbonyl (C=O) groups is 4. The average molecular weight is 591 g/mol. The normalized spacial score (nSPS) is 13.4. The maximum Gasteiger partial charge on any atom is 0.261 e. The molecule has 1 aliphatic heterocycles. The van der Waals surface area contributed by atoms with Crippen LogP contribution in [0.3, 0.4) is 0 Å². The van der Waals surface area contributed by atoms with Crippen LogP contribution in [0.4, 0.5) is 0 Å². The van der Waals surface area contributed by atoms with Crippen molar-refractivity contribution in [2.75, 3.05) is 6.54 Å². The lowest BCUT2D eigenvalue weighted by molar-refractivity contribution is -0.141. The van der Waals surface area contributed by atoms with E-state index in [1.807, 2.05) is 68.4 Å². The van der Waals surface area contributed by atoms with Gasteiger partial charge in [-0.1, -0.05) is 70.5 Å². The first-order valence-corrected chi connectivity index (χ1v) is 13.9. The largest absolute Gasteiger partial charge is 0.352 e. The lowest BCUT2D eigenvalue weighted by Gasteiger charge is -2.32. The molecule has 0 aromatic heterocycles. The minimum atomic E-state index is -0.731. The Morgan fingerprint density at radius 1 is 0.846 bits per heavy atom. The highest BCUT2D eigenvalue weighted by atomic mass is 79.9. The fraction of sp³-hybridized carbons (Fsp3) is 0.290. The summed E-state index contributed by atoms with van der Waals surface area (Å²) in [6.45, 7) is 4.16. The van der Waals surface area contributed by atoms with Crippen molar-refractivity contribution in [2.24, 2.45) is 0 Å². The van der Waals surface area contributed by atoms with Crippen molar-refractivity contribution in [3.63, 3.8) is 0 Å². The molecule has 0 radical (unpaired) electrons. The molecule has 7 nitrogen and oxygen atoms in total. The number of hydrogen-bond donors (Lipinski definition) is 1. The third kappa shape index (κ3) is 7.00. The molecule has 4 amide bonds. The standard InChI is InChI=1S/C31H32BrN3O4/c1-21(2)33-29(37)27(19-22-9-4-3-5-10-22)35(20-23-14-16-24(32)17-15-23)28(36)13-8-18-34-30(38)25-11-6-7-12-26(25)31(34)39/h3-7,9-12,14-17,21,27H,8,13,18-20H2,1-2H3,(H,33,37)/t27-/m0/s1. The molecule has 39 heavy (non-hydrogen) atoms. The van der Waals surface area contributed by atoms with E-state index in [0.717, 1.165) is 15.6 Å². The summed E-state index contributed by atoms with van der Waals surface area (Å²) in [5.41, 5.74) is 2.61. The highest BCUT2D eigenvalue weighted by molar-refractivity contribution is 9.10. The smallest absolute Gasteiger partial charge is 0.261 e. The van der Waals surface area contributed by atoms with Gasteiger partial charge in [0.15, 0.2) is 0 Å². The van der Waals surface area contributed by atoms with E-state index in [1.165, 1.54) is 4.90 Å². The average Bonchev–Trinajstić information content (AvgIpc) is 3.16. The van der Waals surface area contributed by atoms with E-state index >= 15 is 0 Å². The SMILES string of the molecule is CC(C)NC(=O)[C@H](Cc1ccccc1)N(Cc1ccc(Br)cc1)C(=O)CCCN1C(=O)c2ccccc2C1=O. The summed E-state index contributed by atoms with van der Waals surface area (Å²) in [7, 11) is 0. The number of benzene rings is 3. The highest BCUT2D eigenvalue weighted by Gasteiger charge is 2.35. The van der Waals surface area contributed by atoms with E-state index in [2.05, 4.69) is 21.2 Å². The van der Waals surface area contributed by atoms with Crippen LogP contribution in [0.1, 0.15) is 58.5 Å². The predicted molar refractivity (Wildman–Crippen MR) is 153 cm³/mol. The van der Waals surface area contributed by atoms with Gasteiger partial charge in [0.25, 0.3) is 11.8 Å². The van der Waals surface area contributed by atoms with Crippen molar-refractivity contribution >= 4 is 39.6 Å². The number of amides is 4. The molecule has 1 heterocycles. The fourth-order valence-corrected chi connectivity index (χ4v) is 4.96. The number of rotatable bonds is 11. The summed E-state index contributed by atoms with van der Waals surface area (Å²) < 4.78 is 0.920. The Balaban J connectivity index is 1.54. The lowest BCUT2D eigenvalue weighted by Crippen LogP contribution is -2.51. The number of carbonyl (C=O) groups excluding carboxylic acids is 4. The Labute approximate surface area is 237 Å². The van der Waals surface area contributed by atoms with Crippen LogP contribution in [-0.4, -0.2) is 52.1 Å². The van der Waals surface area contributed by atoms with Gasteiger partial charge in [0.05, 0.1) is 11.1 Å². The Hall–Kier alpha value is -3.78. The molecule has 0 fully saturated rings. The molecule has 202 valence electrons. The van der Waals surface area contributed by atoms with Gasteiger partial charge in [-0.05, 0) is 55.7 Å². The topological polar surface area (TPSA) is 86.8 Å². The van der Waals surface area contributed by atoms with Crippen molar-refractivity contribution < 1.29 is 19.2 Å². The Kier molecular flexibility index (Phi) is 9.30. The van der Waals surface area contributed by atoms with Crippen LogP contribution < -0.4 is 5.32 Å². The molecule has 0 saturated carbocycles. The minimum absolute atomic E-state index is 0.0875. The van der Waals surface area contributed by atoms with Gasteiger partial charge in [-0.25, -0.2) is 0 Å². The second-order valence-corrected chi connectivity index (χ2v) is 10.8. The van der Waals surface area contributed by atoms with Gasteiger partial charge in [-0.2, -0.15) is 0 Å². The number of hydrogen-bond acceptors (Lipinski definition) is 4. The van der Waals surface area contributed by atoms with Gasteiger partial charge >= 0.3 is 0 Å². The van der Waals surface area contributed by atoms with Gasteiger partial charge < -0.3 is 10.2 Å². The van der Waals surface area contributed by atoms with E-state index in [0.29, 0.717) is 24.0 Å². The minimum Gasteiger partial charge on any atom is -0.352 e. The van der Waals surface area contributed by atoms with Crippen LogP contribution >= 0.6 is 15.9 Å². The number of halogens is 1. The van der Waals surface area contributed by atoms with Crippen molar-refractivity contribution in [2.45, 2.75) is 51.7 Å². The molecule has 0 unspecified atom stereocenters. The number of nitrogens with one attached hydrogen (secondary N) is 1. The molecule has 8 heteroatoms. The van der Waals surface area contributed by atoms with E-state index in [9.17, 15) is 19.2 Å². The second-order valence-electron chi connectivity index (χ2n) is 9.93. The van der Waals surface area contributed by atoms with Crippen LogP contribution in [-0.2, 0) is 22.6 Å². The van der Waals surface area contributed by atoms with Crippen LogP contribution in [0.5, 0.6) is 0 Å². The monoisotopic (exact) mass is 589 g/mol. The first-order chi connectivity index (χ1) is 18.7. The summed E-state index contributed by atoms with van der Waals surface area (Å²) in [6, 6.07) is 23.2.